The van der Waals surface area contributed by atoms with Gasteiger partial charge >= 0.3 is 6.03 Å². The Morgan fingerprint density at radius 2 is 2.09 bits per heavy atom. The van der Waals surface area contributed by atoms with Crippen LogP contribution in [0.15, 0.2) is 48.8 Å². The van der Waals surface area contributed by atoms with E-state index in [1.165, 1.54) is 0 Å². The Bertz CT molecular complexity index is 842. The molecule has 118 valence electrons. The smallest absolute Gasteiger partial charge is 0.338 e. The summed E-state index contributed by atoms with van der Waals surface area (Å²) in [6.45, 7) is 2.60. The third-order valence-corrected chi connectivity index (χ3v) is 3.97. The fourth-order valence-electron chi connectivity index (χ4n) is 2.90. The number of hydrogen-bond donors (Lipinski definition) is 2. The van der Waals surface area contributed by atoms with E-state index in [-0.39, 0.29) is 6.54 Å². The van der Waals surface area contributed by atoms with Crippen LogP contribution in [0.25, 0.3) is 22.0 Å². The molecule has 0 atom stereocenters. The maximum atomic E-state index is 11.0. The molecule has 6 heteroatoms. The van der Waals surface area contributed by atoms with E-state index in [1.54, 1.807) is 6.20 Å². The topological polar surface area (TPSA) is 84.4 Å². The Kier molecular flexibility index (Phi) is 3.99. The number of nitrogens with zero attached hydrogens (tertiary/aromatic N) is 3. The second-order valence-corrected chi connectivity index (χ2v) is 5.33. The summed E-state index contributed by atoms with van der Waals surface area (Å²) in [5.41, 5.74) is 9.31. The van der Waals surface area contributed by atoms with Gasteiger partial charge in [0.15, 0.2) is 0 Å². The Morgan fingerprint density at radius 3 is 2.78 bits per heavy atom. The first-order chi connectivity index (χ1) is 11.1. The number of hydroxylamine groups is 2. The van der Waals surface area contributed by atoms with Gasteiger partial charge < -0.3 is 10.3 Å². The molecule has 0 fully saturated rings. The number of benzene rings is 1. The Balaban J connectivity index is 2.09. The van der Waals surface area contributed by atoms with E-state index >= 15 is 0 Å². The van der Waals surface area contributed by atoms with E-state index in [2.05, 4.69) is 15.6 Å². The molecule has 0 saturated carbocycles. The number of fused-ring (bicyclic) bond motifs is 1. The second kappa shape index (κ2) is 6.10. The number of pyridine rings is 1. The van der Waals surface area contributed by atoms with Crippen molar-refractivity contribution in [3.8, 4) is 11.1 Å². The fourth-order valence-corrected chi connectivity index (χ4v) is 2.90. The lowest BCUT2D eigenvalue weighted by Crippen LogP contribution is -2.35. The molecule has 1 aromatic carbocycles. The minimum absolute atomic E-state index is 0.126. The van der Waals surface area contributed by atoms with Crippen molar-refractivity contribution in [2.24, 2.45) is 5.73 Å². The zero-order valence-corrected chi connectivity index (χ0v) is 12.8. The first-order valence-electron chi connectivity index (χ1n) is 7.33. The van der Waals surface area contributed by atoms with Crippen LogP contribution in [0.5, 0.6) is 0 Å². The van der Waals surface area contributed by atoms with E-state index in [9.17, 15) is 10.0 Å². The monoisotopic (exact) mass is 310 g/mol. The molecule has 0 unspecified atom stereocenters. The predicted octanol–water partition coefficient (Wildman–Crippen LogP) is 2.78. The predicted molar refractivity (Wildman–Crippen MR) is 88.0 cm³/mol. The average Bonchev–Trinajstić information content (AvgIpc) is 2.85. The minimum atomic E-state index is -0.855. The molecule has 3 N–H and O–H groups in total. The maximum Gasteiger partial charge on any atom is 0.338 e. The van der Waals surface area contributed by atoms with E-state index in [4.69, 9.17) is 5.73 Å². The van der Waals surface area contributed by atoms with E-state index in [1.807, 2.05) is 43.5 Å². The van der Waals surface area contributed by atoms with Crippen LogP contribution >= 0.6 is 0 Å². The molecule has 0 spiro atoms. The van der Waals surface area contributed by atoms with E-state index in [0.29, 0.717) is 11.6 Å². The Labute approximate surface area is 133 Å². The Hall–Kier alpha value is -2.86. The van der Waals surface area contributed by atoms with Crippen molar-refractivity contribution < 1.29 is 10.0 Å². The van der Waals surface area contributed by atoms with Crippen LogP contribution < -0.4 is 5.73 Å². The number of carbonyl (C=O) groups is 1. The van der Waals surface area contributed by atoms with Gasteiger partial charge in [0.1, 0.15) is 0 Å². The van der Waals surface area contributed by atoms with Gasteiger partial charge in [0, 0.05) is 46.7 Å². The summed E-state index contributed by atoms with van der Waals surface area (Å²) in [5, 5.41) is 11.1. The minimum Gasteiger partial charge on any atom is -0.350 e. The van der Waals surface area contributed by atoms with Crippen LogP contribution in [0.1, 0.15) is 5.69 Å². The second-order valence-electron chi connectivity index (χ2n) is 5.33. The van der Waals surface area contributed by atoms with Crippen molar-refractivity contribution >= 4 is 16.9 Å². The van der Waals surface area contributed by atoms with Crippen molar-refractivity contribution in [2.45, 2.75) is 13.5 Å². The summed E-state index contributed by atoms with van der Waals surface area (Å²) in [4.78, 5) is 15.2. The van der Waals surface area contributed by atoms with Gasteiger partial charge in [-0.1, -0.05) is 24.3 Å². The summed E-state index contributed by atoms with van der Waals surface area (Å²) in [5.74, 6) is 0. The van der Waals surface area contributed by atoms with E-state index < -0.39 is 6.03 Å². The molecule has 3 aromatic rings. The lowest BCUT2D eigenvalue weighted by Gasteiger charge is -2.14. The van der Waals surface area contributed by atoms with Crippen molar-refractivity contribution in [3.63, 3.8) is 0 Å². The van der Waals surface area contributed by atoms with Gasteiger partial charge in [0.2, 0.25) is 0 Å². The molecule has 0 aliphatic rings. The molecule has 0 saturated heterocycles. The largest absolute Gasteiger partial charge is 0.350 e. The first-order valence-corrected chi connectivity index (χ1v) is 7.33. The van der Waals surface area contributed by atoms with Gasteiger partial charge in [-0.15, -0.1) is 0 Å². The van der Waals surface area contributed by atoms with Crippen molar-refractivity contribution in [1.29, 1.82) is 0 Å². The lowest BCUT2D eigenvalue weighted by atomic mass is 10.0. The molecule has 0 aliphatic carbocycles. The number of para-hydroxylation sites is 1. The summed E-state index contributed by atoms with van der Waals surface area (Å²) in [6, 6.07) is 11.1. The molecule has 2 aromatic heterocycles. The average molecular weight is 310 g/mol. The quantitative estimate of drug-likeness (QED) is 0.574. The summed E-state index contributed by atoms with van der Waals surface area (Å²) < 4.78 is 2.07. The zero-order chi connectivity index (χ0) is 16.4. The molecule has 0 bridgehead atoms. The Morgan fingerprint density at radius 1 is 1.30 bits per heavy atom. The molecule has 0 radical (unpaired) electrons. The van der Waals surface area contributed by atoms with Crippen LogP contribution in [0.3, 0.4) is 0 Å². The van der Waals surface area contributed by atoms with Gasteiger partial charge in [-0.25, -0.2) is 9.86 Å². The number of carbonyl (C=O) groups excluding carboxylic acids is 1. The molecule has 2 amide bonds. The van der Waals surface area contributed by atoms with Gasteiger partial charge in [-0.05, 0) is 19.1 Å². The number of urea groups is 1. The van der Waals surface area contributed by atoms with Crippen LogP contribution in [0, 0.1) is 6.92 Å². The highest BCUT2D eigenvalue weighted by atomic mass is 16.5. The normalized spacial score (nSPS) is 10.9. The molecular formula is C17H18N4O2. The van der Waals surface area contributed by atoms with Gasteiger partial charge in [0.25, 0.3) is 0 Å². The number of hydrogen-bond acceptors (Lipinski definition) is 3. The van der Waals surface area contributed by atoms with Crippen molar-refractivity contribution in [3.05, 3.63) is 54.5 Å². The molecule has 23 heavy (non-hydrogen) atoms. The zero-order valence-electron chi connectivity index (χ0n) is 12.8. The standard InChI is InChI=1S/C17H18N4O2/c1-12-16(13-5-4-8-19-11-13)14-6-2-3-7-15(14)20(12)9-10-21(23)17(18)22/h2-8,11,23H,9-10H2,1H3,(H2,18,22). The molecule has 0 aliphatic heterocycles. The number of aromatic nitrogens is 2. The van der Waals surface area contributed by atoms with Crippen molar-refractivity contribution in [2.75, 3.05) is 6.54 Å². The SMILES string of the molecule is Cc1c(-c2cccnc2)c2ccccc2n1CCN(O)C(N)=O. The number of rotatable bonds is 4. The highest BCUT2D eigenvalue weighted by molar-refractivity contribution is 5.97. The van der Waals surface area contributed by atoms with Gasteiger partial charge in [-0.2, -0.15) is 0 Å². The summed E-state index contributed by atoms with van der Waals surface area (Å²) in [7, 11) is 0. The molecule has 2 heterocycles. The van der Waals surface area contributed by atoms with Crippen LogP contribution in [-0.2, 0) is 6.54 Å². The highest BCUT2D eigenvalue weighted by Crippen LogP contribution is 2.34. The van der Waals surface area contributed by atoms with Crippen LogP contribution in [0.4, 0.5) is 4.79 Å². The summed E-state index contributed by atoms with van der Waals surface area (Å²) in [6.07, 6.45) is 3.58. The number of nitrogens with two attached hydrogens (primary N) is 1. The molecule has 6 nitrogen and oxygen atoms in total. The van der Waals surface area contributed by atoms with Gasteiger partial charge in [0.05, 0.1) is 6.54 Å². The number of amides is 2. The van der Waals surface area contributed by atoms with Crippen LogP contribution in [0.2, 0.25) is 0 Å². The van der Waals surface area contributed by atoms with Gasteiger partial charge in [-0.3, -0.25) is 10.2 Å². The molecular weight excluding hydrogens is 292 g/mol. The third kappa shape index (κ3) is 2.76. The van der Waals surface area contributed by atoms with Crippen molar-refractivity contribution in [1.82, 2.24) is 14.6 Å². The maximum absolute atomic E-state index is 11.0. The van der Waals surface area contributed by atoms with Crippen LogP contribution in [-0.4, -0.2) is 32.4 Å². The molecule has 3 rings (SSSR count). The third-order valence-electron chi connectivity index (χ3n) is 3.97. The lowest BCUT2D eigenvalue weighted by molar-refractivity contribution is -0.0414. The summed E-state index contributed by atoms with van der Waals surface area (Å²) >= 11 is 0. The first kappa shape index (κ1) is 15.1. The highest BCUT2D eigenvalue weighted by Gasteiger charge is 2.16. The van der Waals surface area contributed by atoms with E-state index in [0.717, 1.165) is 27.7 Å². The number of primary amides is 1. The fraction of sp³-hybridized carbons (Fsp3) is 0.176.